The Bertz CT molecular complexity index is 810. The topological polar surface area (TPSA) is 115 Å². The molecule has 1 aromatic carbocycles. The zero-order valence-corrected chi connectivity index (χ0v) is 13.6. The highest BCUT2D eigenvalue weighted by Gasteiger charge is 2.26. The van der Waals surface area contributed by atoms with Crippen LogP contribution >= 0.6 is 0 Å². The van der Waals surface area contributed by atoms with Crippen LogP contribution in [0.1, 0.15) is 23.2 Å². The van der Waals surface area contributed by atoms with Crippen molar-refractivity contribution in [3.63, 3.8) is 0 Å². The Hall–Kier alpha value is -3.03. The van der Waals surface area contributed by atoms with Crippen LogP contribution in [-0.4, -0.2) is 52.3 Å². The Kier molecular flexibility index (Phi) is 4.87. The summed E-state index contributed by atoms with van der Waals surface area (Å²) in [6.45, 7) is 0.518. The maximum atomic E-state index is 12.3. The average molecular weight is 342 g/mol. The van der Waals surface area contributed by atoms with E-state index >= 15 is 0 Å². The minimum atomic E-state index is -0.619. The first-order valence-electron chi connectivity index (χ1n) is 8.00. The van der Waals surface area contributed by atoms with Crippen molar-refractivity contribution < 1.29 is 19.1 Å². The van der Waals surface area contributed by atoms with Crippen molar-refractivity contribution in [3.8, 4) is 0 Å². The van der Waals surface area contributed by atoms with E-state index in [-0.39, 0.29) is 29.9 Å². The predicted molar refractivity (Wildman–Crippen MR) is 88.3 cm³/mol. The number of benzene rings is 1. The highest BCUT2D eigenvalue weighted by Crippen LogP contribution is 2.17. The van der Waals surface area contributed by atoms with Gasteiger partial charge in [-0.05, 0) is 25.0 Å². The normalized spacial score (nSPS) is 15.1. The van der Waals surface area contributed by atoms with Gasteiger partial charge in [-0.15, -0.1) is 0 Å². The number of aromatic nitrogens is 2. The van der Waals surface area contributed by atoms with Gasteiger partial charge in [0.1, 0.15) is 5.52 Å². The number of nitrogens with two attached hydrogens (primary N) is 1. The molecule has 1 aromatic heterocycles. The van der Waals surface area contributed by atoms with Gasteiger partial charge in [-0.3, -0.25) is 19.6 Å². The molecule has 0 radical (unpaired) electrons. The second kappa shape index (κ2) is 7.25. The molecule has 0 unspecified atom stereocenters. The molecule has 25 heavy (non-hydrogen) atoms. The van der Waals surface area contributed by atoms with Crippen LogP contribution in [0, 0.1) is 5.92 Å². The van der Waals surface area contributed by atoms with Crippen LogP contribution in [0.5, 0.6) is 0 Å². The van der Waals surface area contributed by atoms with Gasteiger partial charge < -0.3 is 15.4 Å². The molecule has 2 N–H and O–H groups in total. The van der Waals surface area contributed by atoms with Crippen molar-refractivity contribution in [1.29, 1.82) is 0 Å². The van der Waals surface area contributed by atoms with E-state index in [1.807, 2.05) is 0 Å². The number of primary amides is 1. The van der Waals surface area contributed by atoms with Gasteiger partial charge in [0.05, 0.1) is 11.1 Å². The molecule has 8 heteroatoms. The number of ether oxygens (including phenoxy) is 1. The van der Waals surface area contributed by atoms with Crippen LogP contribution in [0.2, 0.25) is 0 Å². The average Bonchev–Trinajstić information content (AvgIpc) is 2.65. The lowest BCUT2D eigenvalue weighted by atomic mass is 9.96. The second-order valence-corrected chi connectivity index (χ2v) is 5.86. The number of carbonyl (C=O) groups excluding carboxylic acids is 3. The molecule has 130 valence electrons. The van der Waals surface area contributed by atoms with Gasteiger partial charge in [-0.25, -0.2) is 4.79 Å². The molecule has 1 aliphatic heterocycles. The minimum Gasteiger partial charge on any atom is -0.452 e. The molecule has 8 nitrogen and oxygen atoms in total. The fourth-order valence-corrected chi connectivity index (χ4v) is 2.87. The molecule has 2 amide bonds. The Labute approximate surface area is 144 Å². The molecule has 1 aliphatic rings. The Morgan fingerprint density at radius 2 is 1.88 bits per heavy atom. The first kappa shape index (κ1) is 16.8. The lowest BCUT2D eigenvalue weighted by Crippen LogP contribution is -2.43. The SMILES string of the molecule is NC(=O)C1CCN(C(=O)COC(=O)c2cccc3nccnc23)CC1. The van der Waals surface area contributed by atoms with Crippen molar-refractivity contribution in [2.45, 2.75) is 12.8 Å². The van der Waals surface area contributed by atoms with Crippen LogP contribution in [0.25, 0.3) is 11.0 Å². The van der Waals surface area contributed by atoms with Crippen molar-refractivity contribution in [2.75, 3.05) is 19.7 Å². The number of fused-ring (bicyclic) bond motifs is 1. The molecule has 1 saturated heterocycles. The fourth-order valence-electron chi connectivity index (χ4n) is 2.87. The molecule has 0 atom stereocenters. The number of likely N-dealkylation sites (tertiary alicyclic amines) is 1. The zero-order chi connectivity index (χ0) is 17.8. The van der Waals surface area contributed by atoms with Crippen LogP contribution in [-0.2, 0) is 14.3 Å². The molecule has 0 spiro atoms. The highest BCUT2D eigenvalue weighted by molar-refractivity contribution is 6.02. The summed E-state index contributed by atoms with van der Waals surface area (Å²) >= 11 is 0. The standard InChI is InChI=1S/C17H18N4O4/c18-16(23)11-4-8-21(9-5-11)14(22)10-25-17(24)12-2-1-3-13-15(12)20-7-6-19-13/h1-3,6-7,11H,4-5,8-10H2,(H2,18,23). The molecule has 2 heterocycles. The van der Waals surface area contributed by atoms with Gasteiger partial charge in [0, 0.05) is 31.4 Å². The summed E-state index contributed by atoms with van der Waals surface area (Å²) < 4.78 is 5.14. The third-order valence-corrected chi connectivity index (χ3v) is 4.30. The molecule has 2 aromatic rings. The molecule has 0 bridgehead atoms. The first-order valence-corrected chi connectivity index (χ1v) is 8.00. The highest BCUT2D eigenvalue weighted by atomic mass is 16.5. The summed E-state index contributed by atoms with van der Waals surface area (Å²) in [6.07, 6.45) is 4.10. The second-order valence-electron chi connectivity index (χ2n) is 5.86. The lowest BCUT2D eigenvalue weighted by molar-refractivity contribution is -0.137. The fraction of sp³-hybridized carbons (Fsp3) is 0.353. The van der Waals surface area contributed by atoms with Crippen LogP contribution in [0.15, 0.2) is 30.6 Å². The smallest absolute Gasteiger partial charge is 0.340 e. The van der Waals surface area contributed by atoms with Crippen molar-refractivity contribution in [1.82, 2.24) is 14.9 Å². The van der Waals surface area contributed by atoms with Gasteiger partial charge >= 0.3 is 5.97 Å². The quantitative estimate of drug-likeness (QED) is 0.810. The molecule has 0 aliphatic carbocycles. The number of hydrogen-bond acceptors (Lipinski definition) is 6. The third kappa shape index (κ3) is 3.73. The maximum absolute atomic E-state index is 12.3. The molecule has 0 saturated carbocycles. The molecular weight excluding hydrogens is 324 g/mol. The summed E-state index contributed by atoms with van der Waals surface area (Å²) in [5.74, 6) is -1.44. The van der Waals surface area contributed by atoms with E-state index in [1.165, 1.54) is 12.4 Å². The summed E-state index contributed by atoms with van der Waals surface area (Å²) in [6, 6.07) is 5.01. The Balaban J connectivity index is 1.59. The molecule has 3 rings (SSSR count). The maximum Gasteiger partial charge on any atom is 0.340 e. The summed E-state index contributed by atoms with van der Waals surface area (Å²) in [4.78, 5) is 45.4. The number of para-hydroxylation sites is 1. The summed E-state index contributed by atoms with van der Waals surface area (Å²) in [7, 11) is 0. The number of hydrogen-bond donors (Lipinski definition) is 1. The number of carbonyl (C=O) groups is 3. The monoisotopic (exact) mass is 342 g/mol. The van der Waals surface area contributed by atoms with E-state index in [9.17, 15) is 14.4 Å². The van der Waals surface area contributed by atoms with Crippen LogP contribution in [0.3, 0.4) is 0 Å². The van der Waals surface area contributed by atoms with Crippen molar-refractivity contribution in [3.05, 3.63) is 36.2 Å². The van der Waals surface area contributed by atoms with E-state index < -0.39 is 5.97 Å². The van der Waals surface area contributed by atoms with Gasteiger partial charge in [-0.2, -0.15) is 0 Å². The first-order chi connectivity index (χ1) is 12.1. The van der Waals surface area contributed by atoms with Gasteiger partial charge in [0.25, 0.3) is 5.91 Å². The lowest BCUT2D eigenvalue weighted by Gasteiger charge is -2.30. The van der Waals surface area contributed by atoms with Crippen LogP contribution < -0.4 is 5.73 Å². The Morgan fingerprint density at radius 3 is 2.60 bits per heavy atom. The van der Waals surface area contributed by atoms with E-state index in [2.05, 4.69) is 9.97 Å². The van der Waals surface area contributed by atoms with Crippen LogP contribution in [0.4, 0.5) is 0 Å². The largest absolute Gasteiger partial charge is 0.452 e. The van der Waals surface area contributed by atoms with Crippen molar-refractivity contribution >= 4 is 28.8 Å². The third-order valence-electron chi connectivity index (χ3n) is 4.30. The summed E-state index contributed by atoms with van der Waals surface area (Å²) in [5.41, 5.74) is 6.56. The predicted octanol–water partition coefficient (Wildman–Crippen LogP) is 0.510. The summed E-state index contributed by atoms with van der Waals surface area (Å²) in [5, 5.41) is 0. The number of piperidine rings is 1. The molecule has 1 fully saturated rings. The number of nitrogens with zero attached hydrogens (tertiary/aromatic N) is 3. The number of amides is 2. The van der Waals surface area contributed by atoms with E-state index in [0.29, 0.717) is 37.0 Å². The van der Waals surface area contributed by atoms with Gasteiger partial charge in [0.15, 0.2) is 6.61 Å². The zero-order valence-electron chi connectivity index (χ0n) is 13.6. The van der Waals surface area contributed by atoms with E-state index in [0.717, 1.165) is 0 Å². The van der Waals surface area contributed by atoms with Gasteiger partial charge in [-0.1, -0.05) is 6.07 Å². The van der Waals surface area contributed by atoms with E-state index in [4.69, 9.17) is 10.5 Å². The Morgan fingerprint density at radius 1 is 1.16 bits per heavy atom. The number of rotatable bonds is 4. The van der Waals surface area contributed by atoms with Gasteiger partial charge in [0.2, 0.25) is 5.91 Å². The molecular formula is C17H18N4O4. The minimum absolute atomic E-state index is 0.194. The van der Waals surface area contributed by atoms with E-state index in [1.54, 1.807) is 23.1 Å². The number of esters is 1. The van der Waals surface area contributed by atoms with Crippen molar-refractivity contribution in [2.24, 2.45) is 11.7 Å².